The average Bonchev–Trinajstić information content (AvgIpc) is 2.52. The number of hydrogen-bond acceptors (Lipinski definition) is 3. The molecule has 2 rings (SSSR count). The molecular formula is C13H17NO3. The summed E-state index contributed by atoms with van der Waals surface area (Å²) in [7, 11) is 1.99. The second-order valence-corrected chi connectivity index (χ2v) is 4.41. The predicted molar refractivity (Wildman–Crippen MR) is 64.1 cm³/mol. The number of rotatable bonds is 2. The molecule has 0 aliphatic carbocycles. The van der Waals surface area contributed by atoms with E-state index in [9.17, 15) is 9.90 Å². The summed E-state index contributed by atoms with van der Waals surface area (Å²) in [6.07, 6.45) is -0.748. The maximum Gasteiger partial charge on any atom is 0.333 e. The third kappa shape index (κ3) is 2.84. The van der Waals surface area contributed by atoms with E-state index in [2.05, 4.69) is 4.90 Å². The fraction of sp³-hybridized carbons (Fsp3) is 0.462. The van der Waals surface area contributed by atoms with Crippen LogP contribution in [0.5, 0.6) is 0 Å². The minimum absolute atomic E-state index is 0.110. The molecule has 0 radical (unpaired) electrons. The van der Waals surface area contributed by atoms with Crippen LogP contribution in [-0.2, 0) is 9.53 Å². The number of benzene rings is 1. The van der Waals surface area contributed by atoms with Crippen molar-refractivity contribution in [1.82, 2.24) is 4.90 Å². The van der Waals surface area contributed by atoms with Gasteiger partial charge in [-0.3, -0.25) is 0 Å². The van der Waals surface area contributed by atoms with Crippen LogP contribution in [-0.4, -0.2) is 48.8 Å². The molecule has 4 nitrogen and oxygen atoms in total. The normalized spacial score (nSPS) is 26.4. The summed E-state index contributed by atoms with van der Waals surface area (Å²) < 4.78 is 5.46. The molecule has 0 bridgehead atoms. The fourth-order valence-electron chi connectivity index (χ4n) is 2.20. The SMILES string of the molecule is CN1CCOC(C(=O)O)C(c2ccccc2)C1. The number of hydrogen-bond donors (Lipinski definition) is 1. The van der Waals surface area contributed by atoms with Crippen LogP contribution in [0.15, 0.2) is 30.3 Å². The smallest absolute Gasteiger partial charge is 0.333 e. The molecule has 4 heteroatoms. The first kappa shape index (κ1) is 12.1. The van der Waals surface area contributed by atoms with Crippen LogP contribution < -0.4 is 0 Å². The lowest BCUT2D eigenvalue weighted by molar-refractivity contribution is -0.151. The minimum atomic E-state index is -0.880. The highest BCUT2D eigenvalue weighted by atomic mass is 16.5. The maximum atomic E-state index is 11.3. The van der Waals surface area contributed by atoms with E-state index < -0.39 is 12.1 Å². The van der Waals surface area contributed by atoms with E-state index in [1.165, 1.54) is 0 Å². The number of carbonyl (C=O) groups is 1. The highest BCUT2D eigenvalue weighted by molar-refractivity contribution is 5.74. The zero-order valence-corrected chi connectivity index (χ0v) is 9.87. The van der Waals surface area contributed by atoms with Crippen LogP contribution in [0.2, 0.25) is 0 Å². The standard InChI is InChI=1S/C13H17NO3/c1-14-7-8-17-12(13(15)16)11(9-14)10-5-3-2-4-6-10/h2-6,11-12H,7-9H2,1H3,(H,15,16). The largest absolute Gasteiger partial charge is 0.479 e. The van der Waals surface area contributed by atoms with Crippen molar-refractivity contribution in [2.45, 2.75) is 12.0 Å². The van der Waals surface area contributed by atoms with Gasteiger partial charge in [-0.25, -0.2) is 4.79 Å². The number of ether oxygens (including phenoxy) is 1. The van der Waals surface area contributed by atoms with Crippen LogP contribution >= 0.6 is 0 Å². The first-order chi connectivity index (χ1) is 8.18. The average molecular weight is 235 g/mol. The Labute approximate surface area is 101 Å². The monoisotopic (exact) mass is 235 g/mol. The van der Waals surface area contributed by atoms with Gasteiger partial charge in [-0.15, -0.1) is 0 Å². The highest BCUT2D eigenvalue weighted by Gasteiger charge is 2.33. The van der Waals surface area contributed by atoms with E-state index >= 15 is 0 Å². The van der Waals surface area contributed by atoms with Crippen LogP contribution in [0.1, 0.15) is 11.5 Å². The molecule has 1 saturated heterocycles. The second-order valence-electron chi connectivity index (χ2n) is 4.41. The van der Waals surface area contributed by atoms with Gasteiger partial charge in [-0.05, 0) is 12.6 Å². The van der Waals surface area contributed by atoms with Crippen molar-refractivity contribution in [1.29, 1.82) is 0 Å². The molecule has 92 valence electrons. The third-order valence-corrected chi connectivity index (χ3v) is 3.12. The van der Waals surface area contributed by atoms with Crippen molar-refractivity contribution in [3.05, 3.63) is 35.9 Å². The van der Waals surface area contributed by atoms with Crippen LogP contribution in [0, 0.1) is 0 Å². The van der Waals surface area contributed by atoms with Gasteiger partial charge >= 0.3 is 5.97 Å². The molecule has 1 aromatic carbocycles. The topological polar surface area (TPSA) is 49.8 Å². The second kappa shape index (κ2) is 5.29. The molecule has 17 heavy (non-hydrogen) atoms. The Morgan fingerprint density at radius 3 is 2.76 bits per heavy atom. The summed E-state index contributed by atoms with van der Waals surface area (Å²) in [4.78, 5) is 13.4. The molecule has 1 aliphatic heterocycles. The third-order valence-electron chi connectivity index (χ3n) is 3.12. The quantitative estimate of drug-likeness (QED) is 0.836. The lowest BCUT2D eigenvalue weighted by Crippen LogP contribution is -2.33. The Balaban J connectivity index is 2.27. The lowest BCUT2D eigenvalue weighted by atomic mass is 9.93. The molecular weight excluding hydrogens is 218 g/mol. The Morgan fingerprint density at radius 1 is 1.41 bits per heavy atom. The van der Waals surface area contributed by atoms with Gasteiger partial charge in [0, 0.05) is 19.0 Å². The summed E-state index contributed by atoms with van der Waals surface area (Å²) in [6.45, 7) is 1.95. The molecule has 0 spiro atoms. The van der Waals surface area contributed by atoms with Gasteiger partial charge in [0.1, 0.15) is 0 Å². The van der Waals surface area contributed by atoms with E-state index in [1.807, 2.05) is 37.4 Å². The number of likely N-dealkylation sites (N-methyl/N-ethyl adjacent to an activating group) is 1. The van der Waals surface area contributed by atoms with Crippen LogP contribution in [0.4, 0.5) is 0 Å². The van der Waals surface area contributed by atoms with Gasteiger partial charge in [0.05, 0.1) is 6.61 Å². The number of carboxylic acid groups (broad SMARTS) is 1. The minimum Gasteiger partial charge on any atom is -0.479 e. The van der Waals surface area contributed by atoms with E-state index in [1.54, 1.807) is 0 Å². The Morgan fingerprint density at radius 2 is 2.12 bits per heavy atom. The molecule has 1 aliphatic rings. The summed E-state index contributed by atoms with van der Waals surface area (Å²) in [5.74, 6) is -0.990. The van der Waals surface area contributed by atoms with Gasteiger partial charge in [0.25, 0.3) is 0 Å². The molecule has 2 atom stereocenters. The Hall–Kier alpha value is -1.39. The van der Waals surface area contributed by atoms with Crippen molar-refractivity contribution < 1.29 is 14.6 Å². The van der Waals surface area contributed by atoms with Crippen LogP contribution in [0.25, 0.3) is 0 Å². The van der Waals surface area contributed by atoms with Gasteiger partial charge in [-0.1, -0.05) is 30.3 Å². The van der Waals surface area contributed by atoms with Crippen molar-refractivity contribution in [2.24, 2.45) is 0 Å². The summed E-state index contributed by atoms with van der Waals surface area (Å²) in [5, 5.41) is 9.24. The highest BCUT2D eigenvalue weighted by Crippen LogP contribution is 2.25. The number of carboxylic acids is 1. The van der Waals surface area contributed by atoms with Crippen molar-refractivity contribution >= 4 is 5.97 Å². The first-order valence-electron chi connectivity index (χ1n) is 5.76. The van der Waals surface area contributed by atoms with E-state index in [4.69, 9.17) is 4.74 Å². The molecule has 1 N–H and O–H groups in total. The Bertz CT molecular complexity index is 380. The van der Waals surface area contributed by atoms with Gasteiger partial charge in [0.2, 0.25) is 0 Å². The van der Waals surface area contributed by atoms with Gasteiger partial charge < -0.3 is 14.7 Å². The maximum absolute atomic E-state index is 11.3. The predicted octanol–water partition coefficient (Wildman–Crippen LogP) is 1.19. The zero-order chi connectivity index (χ0) is 12.3. The van der Waals surface area contributed by atoms with E-state index in [-0.39, 0.29) is 5.92 Å². The molecule has 1 heterocycles. The van der Waals surface area contributed by atoms with E-state index in [0.717, 1.165) is 12.1 Å². The van der Waals surface area contributed by atoms with Crippen molar-refractivity contribution in [3.8, 4) is 0 Å². The molecule has 0 saturated carbocycles. The first-order valence-corrected chi connectivity index (χ1v) is 5.76. The number of nitrogens with zero attached hydrogens (tertiary/aromatic N) is 1. The summed E-state index contributed by atoms with van der Waals surface area (Å²) >= 11 is 0. The van der Waals surface area contributed by atoms with Gasteiger partial charge in [-0.2, -0.15) is 0 Å². The van der Waals surface area contributed by atoms with Crippen molar-refractivity contribution in [3.63, 3.8) is 0 Å². The molecule has 1 aromatic rings. The van der Waals surface area contributed by atoms with Crippen molar-refractivity contribution in [2.75, 3.05) is 26.7 Å². The zero-order valence-electron chi connectivity index (χ0n) is 9.87. The molecule has 1 fully saturated rings. The molecule has 0 amide bonds. The van der Waals surface area contributed by atoms with E-state index in [0.29, 0.717) is 13.2 Å². The Kier molecular flexibility index (Phi) is 3.76. The fourth-order valence-corrected chi connectivity index (χ4v) is 2.20. The lowest BCUT2D eigenvalue weighted by Gasteiger charge is -2.23. The van der Waals surface area contributed by atoms with Gasteiger partial charge in [0.15, 0.2) is 6.10 Å². The summed E-state index contributed by atoms with van der Waals surface area (Å²) in [5.41, 5.74) is 1.02. The van der Waals surface area contributed by atoms with Crippen LogP contribution in [0.3, 0.4) is 0 Å². The molecule has 0 aromatic heterocycles. The molecule has 2 unspecified atom stereocenters. The summed E-state index contributed by atoms with van der Waals surface area (Å²) in [6, 6.07) is 9.71. The number of aliphatic carboxylic acids is 1.